The minimum Gasteiger partial charge on any atom is -0.492 e. The van der Waals surface area contributed by atoms with E-state index in [1.807, 2.05) is 18.2 Å². The Morgan fingerprint density at radius 3 is 2.60 bits per heavy atom. The number of hydrogen-bond donors (Lipinski definition) is 3. The largest absolute Gasteiger partial charge is 0.492 e. The van der Waals surface area contributed by atoms with E-state index in [-0.39, 0.29) is 6.61 Å². The van der Waals surface area contributed by atoms with Gasteiger partial charge in [0.1, 0.15) is 11.6 Å². The van der Waals surface area contributed by atoms with Gasteiger partial charge in [-0.3, -0.25) is 0 Å². The van der Waals surface area contributed by atoms with E-state index in [2.05, 4.69) is 64.6 Å². The fraction of sp³-hybridized carbons (Fsp3) is 0.467. The lowest BCUT2D eigenvalue weighted by Gasteiger charge is -2.22. The number of hydrogen-bond acceptors (Lipinski definition) is 9. The number of fused-ring (bicyclic) bond motifs is 1. The quantitative estimate of drug-likeness (QED) is 0.238. The highest BCUT2D eigenvalue weighted by Gasteiger charge is 2.27. The lowest BCUT2D eigenvalue weighted by molar-refractivity contribution is 0.291. The smallest absolute Gasteiger partial charge is 0.221 e. The van der Waals surface area contributed by atoms with Crippen molar-refractivity contribution in [2.45, 2.75) is 33.0 Å². The van der Waals surface area contributed by atoms with Crippen LogP contribution in [0.5, 0.6) is 11.6 Å². The molecule has 0 radical (unpaired) electrons. The molecular weight excluding hydrogens is 528 g/mol. The fourth-order valence-corrected chi connectivity index (χ4v) is 5.15. The van der Waals surface area contributed by atoms with Crippen molar-refractivity contribution in [1.29, 1.82) is 0 Å². The molecule has 2 aromatic carbocycles. The number of nitrogens with zero attached hydrogens (tertiary/aromatic N) is 4. The number of ether oxygens (including phenoxy) is 2. The zero-order valence-electron chi connectivity index (χ0n) is 24.0. The SMILES string of the molecule is COc1nc(CNCCO)nc2c1CN(c1cccc(-c3cccc(OCCCNCCN(C)C)c3Cl)c1C)C2. The van der Waals surface area contributed by atoms with Crippen LogP contribution in [0.25, 0.3) is 11.1 Å². The Balaban J connectivity index is 1.47. The van der Waals surface area contributed by atoms with Gasteiger partial charge in [0.2, 0.25) is 5.88 Å². The van der Waals surface area contributed by atoms with Gasteiger partial charge in [0.05, 0.1) is 56.2 Å². The van der Waals surface area contributed by atoms with E-state index in [0.29, 0.717) is 55.3 Å². The van der Waals surface area contributed by atoms with Gasteiger partial charge in [0.25, 0.3) is 0 Å². The van der Waals surface area contributed by atoms with Gasteiger partial charge in [-0.05, 0) is 57.2 Å². The van der Waals surface area contributed by atoms with Gasteiger partial charge in [0.15, 0.2) is 0 Å². The molecule has 2 heterocycles. The van der Waals surface area contributed by atoms with Crippen LogP contribution in [0.1, 0.15) is 29.1 Å². The number of aliphatic hydroxyl groups excluding tert-OH is 1. The first-order valence-electron chi connectivity index (χ1n) is 13.8. The van der Waals surface area contributed by atoms with Crippen LogP contribution in [0.2, 0.25) is 5.02 Å². The Hall–Kier alpha value is -2.95. The molecule has 1 aliphatic rings. The second-order valence-corrected chi connectivity index (χ2v) is 10.5. The number of benzene rings is 2. The molecule has 0 amide bonds. The molecule has 0 saturated heterocycles. The molecule has 0 spiro atoms. The highest BCUT2D eigenvalue weighted by molar-refractivity contribution is 6.34. The second-order valence-electron chi connectivity index (χ2n) is 10.2. The van der Waals surface area contributed by atoms with E-state index >= 15 is 0 Å². The summed E-state index contributed by atoms with van der Waals surface area (Å²) < 4.78 is 11.7. The number of nitrogens with one attached hydrogen (secondary N) is 2. The standard InChI is InChI=1S/C30H41ClN6O3/c1-21-22(23-9-6-11-27(29(23)31)40-17-7-12-32-13-15-36(2)3)8-5-10-26(21)37-19-24-25(20-37)34-28(18-33-14-16-38)35-30(24)39-4/h5-6,8-11,32-33,38H,7,12-20H2,1-4H3. The second kappa shape index (κ2) is 14.6. The van der Waals surface area contributed by atoms with Crippen molar-refractivity contribution >= 4 is 17.3 Å². The molecule has 1 aromatic heterocycles. The van der Waals surface area contributed by atoms with Crippen LogP contribution in [-0.2, 0) is 19.6 Å². The van der Waals surface area contributed by atoms with E-state index in [9.17, 15) is 0 Å². The first-order valence-corrected chi connectivity index (χ1v) is 14.2. The van der Waals surface area contributed by atoms with E-state index in [0.717, 1.165) is 59.7 Å². The zero-order valence-corrected chi connectivity index (χ0v) is 24.7. The highest BCUT2D eigenvalue weighted by Crippen LogP contribution is 2.41. The third-order valence-corrected chi connectivity index (χ3v) is 7.34. The van der Waals surface area contributed by atoms with Gasteiger partial charge in [-0.1, -0.05) is 35.9 Å². The normalized spacial score (nSPS) is 12.7. The van der Waals surface area contributed by atoms with Crippen LogP contribution in [0.3, 0.4) is 0 Å². The van der Waals surface area contributed by atoms with Crippen molar-refractivity contribution in [3.8, 4) is 22.8 Å². The number of aliphatic hydroxyl groups is 1. The predicted molar refractivity (Wildman–Crippen MR) is 160 cm³/mol. The molecule has 0 aliphatic carbocycles. The molecule has 4 rings (SSSR count). The molecule has 1 aliphatic heterocycles. The third kappa shape index (κ3) is 7.41. The summed E-state index contributed by atoms with van der Waals surface area (Å²) in [5.74, 6) is 1.96. The summed E-state index contributed by atoms with van der Waals surface area (Å²) in [6.45, 7) is 7.96. The number of aromatic nitrogens is 2. The van der Waals surface area contributed by atoms with Gasteiger partial charge < -0.3 is 35.0 Å². The monoisotopic (exact) mass is 568 g/mol. The van der Waals surface area contributed by atoms with Crippen molar-refractivity contribution in [1.82, 2.24) is 25.5 Å². The van der Waals surface area contributed by atoms with E-state index < -0.39 is 0 Å². The maximum Gasteiger partial charge on any atom is 0.221 e. The summed E-state index contributed by atoms with van der Waals surface area (Å²) in [5, 5.41) is 16.3. The minimum absolute atomic E-state index is 0.0687. The Kier molecular flexibility index (Phi) is 11.0. The molecule has 0 atom stereocenters. The summed E-state index contributed by atoms with van der Waals surface area (Å²) >= 11 is 6.89. The van der Waals surface area contributed by atoms with E-state index in [1.165, 1.54) is 0 Å². The molecule has 3 aromatic rings. The summed E-state index contributed by atoms with van der Waals surface area (Å²) in [5.41, 5.74) is 6.24. The van der Waals surface area contributed by atoms with Gasteiger partial charge in [0, 0.05) is 30.9 Å². The lowest BCUT2D eigenvalue weighted by atomic mass is 9.98. The van der Waals surface area contributed by atoms with Gasteiger partial charge in [-0.2, -0.15) is 4.98 Å². The van der Waals surface area contributed by atoms with E-state index in [1.54, 1.807) is 7.11 Å². The molecule has 9 nitrogen and oxygen atoms in total. The first kappa shape index (κ1) is 30.0. The van der Waals surface area contributed by atoms with Crippen molar-refractivity contribution < 1.29 is 14.6 Å². The van der Waals surface area contributed by atoms with Gasteiger partial charge in [-0.25, -0.2) is 4.98 Å². The van der Waals surface area contributed by atoms with Crippen molar-refractivity contribution in [3.63, 3.8) is 0 Å². The van der Waals surface area contributed by atoms with Crippen molar-refractivity contribution in [2.24, 2.45) is 0 Å². The summed E-state index contributed by atoms with van der Waals surface area (Å²) in [4.78, 5) is 13.8. The molecule has 0 fully saturated rings. The van der Waals surface area contributed by atoms with E-state index in [4.69, 9.17) is 31.2 Å². The number of halogens is 1. The Bertz CT molecular complexity index is 1270. The maximum atomic E-state index is 9.06. The molecule has 216 valence electrons. The fourth-order valence-electron chi connectivity index (χ4n) is 4.87. The molecule has 3 N–H and O–H groups in total. The number of methoxy groups -OCH3 is 1. The topological polar surface area (TPSA) is 95.0 Å². The van der Waals surface area contributed by atoms with Crippen LogP contribution in [-0.4, -0.2) is 80.6 Å². The van der Waals surface area contributed by atoms with Crippen molar-refractivity contribution in [2.75, 3.05) is 65.5 Å². The molecule has 0 unspecified atom stereocenters. The van der Waals surface area contributed by atoms with Crippen LogP contribution < -0.4 is 25.0 Å². The van der Waals surface area contributed by atoms with Crippen molar-refractivity contribution in [3.05, 3.63) is 64.1 Å². The Morgan fingerprint density at radius 1 is 1.02 bits per heavy atom. The van der Waals surface area contributed by atoms with Gasteiger partial charge >= 0.3 is 0 Å². The Labute approximate surface area is 242 Å². The highest BCUT2D eigenvalue weighted by atomic mass is 35.5. The summed E-state index contributed by atoms with van der Waals surface area (Å²) in [7, 11) is 5.79. The minimum atomic E-state index is 0.0687. The van der Waals surface area contributed by atoms with Crippen LogP contribution >= 0.6 is 11.6 Å². The average Bonchev–Trinajstić information content (AvgIpc) is 3.37. The molecule has 0 saturated carbocycles. The summed E-state index contributed by atoms with van der Waals surface area (Å²) in [6, 6.07) is 12.3. The lowest BCUT2D eigenvalue weighted by Crippen LogP contribution is -2.27. The Morgan fingerprint density at radius 2 is 1.82 bits per heavy atom. The maximum absolute atomic E-state index is 9.06. The molecule has 40 heavy (non-hydrogen) atoms. The van der Waals surface area contributed by atoms with Crippen LogP contribution in [0, 0.1) is 6.92 Å². The average molecular weight is 569 g/mol. The number of anilines is 1. The first-order chi connectivity index (χ1) is 19.4. The molecule has 10 heteroatoms. The third-order valence-electron chi connectivity index (χ3n) is 6.95. The predicted octanol–water partition coefficient (Wildman–Crippen LogP) is 3.64. The van der Waals surface area contributed by atoms with Gasteiger partial charge in [-0.15, -0.1) is 0 Å². The molecule has 0 bridgehead atoms. The number of likely N-dealkylation sites (N-methyl/N-ethyl adjacent to an activating group) is 1. The van der Waals surface area contributed by atoms with Crippen LogP contribution in [0.4, 0.5) is 5.69 Å². The zero-order chi connectivity index (χ0) is 28.5. The van der Waals surface area contributed by atoms with Crippen LogP contribution in [0.15, 0.2) is 36.4 Å². The molecular formula is C30H41ClN6O3. The summed E-state index contributed by atoms with van der Waals surface area (Å²) in [6.07, 6.45) is 0.906. The number of rotatable bonds is 15.